The molecule has 1 heterocycles. The second kappa shape index (κ2) is 5.25. The van der Waals surface area contributed by atoms with Gasteiger partial charge in [0.2, 0.25) is 0 Å². The summed E-state index contributed by atoms with van der Waals surface area (Å²) in [5.41, 5.74) is 0. The zero-order valence-corrected chi connectivity index (χ0v) is 9.88. The summed E-state index contributed by atoms with van der Waals surface area (Å²) in [6, 6.07) is 0. The van der Waals surface area contributed by atoms with Gasteiger partial charge in [-0.05, 0) is 20.8 Å². The normalized spacial score (nSPS) is 42.2. The molecule has 1 fully saturated rings. The number of hydrogen-bond acceptors (Lipinski definition) is 4. The zero-order valence-electron chi connectivity index (χ0n) is 9.88. The average molecular weight is 218 g/mol. The van der Waals surface area contributed by atoms with Crippen LogP contribution in [0.1, 0.15) is 27.7 Å². The molecule has 0 radical (unpaired) electrons. The molecule has 0 aromatic heterocycles. The monoisotopic (exact) mass is 218 g/mol. The first-order valence-electron chi connectivity index (χ1n) is 5.56. The Morgan fingerprint density at radius 1 is 1.20 bits per heavy atom. The average Bonchev–Trinajstić information content (AvgIpc) is 2.18. The predicted octanol–water partition coefficient (Wildman–Crippen LogP) is 0.557. The third kappa shape index (κ3) is 3.14. The Morgan fingerprint density at radius 2 is 1.80 bits per heavy atom. The number of aliphatic hydroxyl groups excluding tert-OH is 2. The second-order valence-electron chi connectivity index (χ2n) is 4.60. The summed E-state index contributed by atoms with van der Waals surface area (Å²) >= 11 is 0. The molecule has 1 aliphatic heterocycles. The Morgan fingerprint density at radius 3 is 2.33 bits per heavy atom. The van der Waals surface area contributed by atoms with Crippen molar-refractivity contribution in [2.75, 3.05) is 6.61 Å². The minimum Gasteiger partial charge on any atom is -0.390 e. The maximum Gasteiger partial charge on any atom is 0.110 e. The molecule has 0 spiro atoms. The highest BCUT2D eigenvalue weighted by molar-refractivity contribution is 4.88. The van der Waals surface area contributed by atoms with Crippen molar-refractivity contribution in [2.45, 2.75) is 58.2 Å². The van der Waals surface area contributed by atoms with Gasteiger partial charge in [-0.25, -0.2) is 0 Å². The molecular formula is C11H22O4. The Bertz CT molecular complexity index is 195. The first-order chi connectivity index (χ1) is 6.93. The van der Waals surface area contributed by atoms with E-state index in [4.69, 9.17) is 9.47 Å². The van der Waals surface area contributed by atoms with E-state index in [9.17, 15) is 10.2 Å². The van der Waals surface area contributed by atoms with Crippen LogP contribution < -0.4 is 0 Å². The zero-order chi connectivity index (χ0) is 11.6. The fraction of sp³-hybridized carbons (Fsp3) is 1.00. The molecular weight excluding hydrogens is 196 g/mol. The molecule has 1 saturated heterocycles. The molecule has 15 heavy (non-hydrogen) atoms. The minimum atomic E-state index is -0.852. The fourth-order valence-corrected chi connectivity index (χ4v) is 1.71. The largest absolute Gasteiger partial charge is 0.390 e. The molecule has 0 amide bonds. The quantitative estimate of drug-likeness (QED) is 0.726. The number of hydrogen-bond donors (Lipinski definition) is 2. The van der Waals surface area contributed by atoms with Gasteiger partial charge in [0.05, 0.1) is 24.9 Å². The molecule has 4 heteroatoms. The molecule has 0 bridgehead atoms. The molecule has 5 atom stereocenters. The van der Waals surface area contributed by atoms with Crippen molar-refractivity contribution in [3.63, 3.8) is 0 Å². The fourth-order valence-electron chi connectivity index (χ4n) is 1.71. The highest BCUT2D eigenvalue weighted by atomic mass is 16.6. The van der Waals surface area contributed by atoms with Crippen LogP contribution >= 0.6 is 0 Å². The van der Waals surface area contributed by atoms with Crippen molar-refractivity contribution in [2.24, 2.45) is 5.92 Å². The number of ether oxygens (including phenoxy) is 2. The van der Waals surface area contributed by atoms with E-state index >= 15 is 0 Å². The van der Waals surface area contributed by atoms with E-state index < -0.39 is 18.3 Å². The van der Waals surface area contributed by atoms with Crippen LogP contribution in [0.15, 0.2) is 0 Å². The summed E-state index contributed by atoms with van der Waals surface area (Å²) in [7, 11) is 0. The highest BCUT2D eigenvalue weighted by Crippen LogP contribution is 2.25. The van der Waals surface area contributed by atoms with Crippen LogP contribution in [0.2, 0.25) is 0 Å². The molecule has 1 aliphatic rings. The van der Waals surface area contributed by atoms with Gasteiger partial charge in [-0.2, -0.15) is 0 Å². The van der Waals surface area contributed by atoms with E-state index in [0.717, 1.165) is 0 Å². The van der Waals surface area contributed by atoms with Gasteiger partial charge in [-0.1, -0.05) is 6.92 Å². The van der Waals surface area contributed by atoms with Crippen LogP contribution in [0.5, 0.6) is 0 Å². The Kier molecular flexibility index (Phi) is 4.52. The molecule has 2 unspecified atom stereocenters. The van der Waals surface area contributed by atoms with Gasteiger partial charge in [0.15, 0.2) is 0 Å². The maximum atomic E-state index is 9.78. The lowest BCUT2D eigenvalue weighted by atomic mass is 9.89. The summed E-state index contributed by atoms with van der Waals surface area (Å²) in [6.07, 6.45) is -1.95. The topological polar surface area (TPSA) is 58.9 Å². The minimum absolute atomic E-state index is 0.0460. The van der Waals surface area contributed by atoms with E-state index in [1.165, 1.54) is 0 Å². The van der Waals surface area contributed by atoms with Gasteiger partial charge < -0.3 is 19.7 Å². The first kappa shape index (κ1) is 12.9. The van der Waals surface area contributed by atoms with Crippen LogP contribution in [-0.4, -0.2) is 47.3 Å². The lowest BCUT2D eigenvalue weighted by molar-refractivity contribution is -0.207. The van der Waals surface area contributed by atoms with Crippen LogP contribution in [-0.2, 0) is 9.47 Å². The highest BCUT2D eigenvalue weighted by Gasteiger charge is 2.40. The first-order valence-corrected chi connectivity index (χ1v) is 5.56. The van der Waals surface area contributed by atoms with E-state index in [1.807, 2.05) is 27.7 Å². The summed E-state index contributed by atoms with van der Waals surface area (Å²) in [4.78, 5) is 0. The van der Waals surface area contributed by atoms with Gasteiger partial charge in [-0.15, -0.1) is 0 Å². The van der Waals surface area contributed by atoms with Crippen LogP contribution in [0.3, 0.4) is 0 Å². The summed E-state index contributed by atoms with van der Waals surface area (Å²) in [5.74, 6) is -0.0460. The van der Waals surface area contributed by atoms with Crippen molar-refractivity contribution in [1.82, 2.24) is 0 Å². The molecule has 90 valence electrons. The van der Waals surface area contributed by atoms with Crippen LogP contribution in [0, 0.1) is 5.92 Å². The van der Waals surface area contributed by atoms with Crippen molar-refractivity contribution in [3.05, 3.63) is 0 Å². The van der Waals surface area contributed by atoms with Crippen LogP contribution in [0.4, 0.5) is 0 Å². The number of aliphatic hydroxyl groups is 2. The van der Waals surface area contributed by atoms with Gasteiger partial charge in [0.25, 0.3) is 0 Å². The lowest BCUT2D eigenvalue weighted by Crippen LogP contribution is -2.54. The molecule has 0 aromatic rings. The van der Waals surface area contributed by atoms with Gasteiger partial charge in [0.1, 0.15) is 12.2 Å². The van der Waals surface area contributed by atoms with Crippen molar-refractivity contribution < 1.29 is 19.7 Å². The Labute approximate surface area is 91.2 Å². The SMILES string of the molecule is CC(C)OCC1OC(C)[C@H](C)[C@@H](O)[C@@H]1O. The Balaban J connectivity index is 2.51. The molecule has 0 saturated carbocycles. The van der Waals surface area contributed by atoms with E-state index in [0.29, 0.717) is 6.61 Å². The Hall–Kier alpha value is -0.160. The van der Waals surface area contributed by atoms with Crippen molar-refractivity contribution in [3.8, 4) is 0 Å². The van der Waals surface area contributed by atoms with Gasteiger partial charge in [0, 0.05) is 5.92 Å². The lowest BCUT2D eigenvalue weighted by Gasteiger charge is -2.40. The van der Waals surface area contributed by atoms with Gasteiger partial charge >= 0.3 is 0 Å². The maximum absolute atomic E-state index is 9.78. The molecule has 2 N–H and O–H groups in total. The summed E-state index contributed by atoms with van der Waals surface area (Å²) in [5, 5.41) is 19.6. The van der Waals surface area contributed by atoms with E-state index in [2.05, 4.69) is 0 Å². The summed E-state index contributed by atoms with van der Waals surface area (Å²) in [6.45, 7) is 7.96. The molecule has 4 nitrogen and oxygen atoms in total. The van der Waals surface area contributed by atoms with E-state index in [1.54, 1.807) is 0 Å². The molecule has 0 aromatic carbocycles. The van der Waals surface area contributed by atoms with Crippen molar-refractivity contribution >= 4 is 0 Å². The van der Waals surface area contributed by atoms with Crippen molar-refractivity contribution in [1.29, 1.82) is 0 Å². The van der Waals surface area contributed by atoms with Gasteiger partial charge in [-0.3, -0.25) is 0 Å². The third-order valence-corrected chi connectivity index (χ3v) is 2.99. The second-order valence-corrected chi connectivity index (χ2v) is 4.60. The smallest absolute Gasteiger partial charge is 0.110 e. The predicted molar refractivity (Wildman–Crippen MR) is 56.6 cm³/mol. The summed E-state index contributed by atoms with van der Waals surface area (Å²) < 4.78 is 11.0. The molecule has 0 aliphatic carbocycles. The van der Waals surface area contributed by atoms with Crippen LogP contribution in [0.25, 0.3) is 0 Å². The van der Waals surface area contributed by atoms with E-state index in [-0.39, 0.29) is 18.1 Å². The third-order valence-electron chi connectivity index (χ3n) is 2.99. The standard InChI is InChI=1S/C11H22O4/c1-6(2)14-5-9-11(13)10(12)7(3)8(4)15-9/h6-13H,5H2,1-4H3/t7-,8?,9?,10+,11+/m0/s1. The molecule has 1 rings (SSSR count). The number of rotatable bonds is 3.